The van der Waals surface area contributed by atoms with Gasteiger partial charge in [0.2, 0.25) is 5.91 Å². The molecule has 1 fully saturated rings. The molecule has 2 nitrogen and oxygen atoms in total. The standard InChI is InChI=1S/C12H17NOS2/c1-9-7-11(9)12(14)13-4-6-15-8-10-3-2-5-16-10/h2-3,5,9,11H,4,6-8H2,1H3,(H,13,14). The van der Waals surface area contributed by atoms with E-state index in [-0.39, 0.29) is 5.91 Å². The van der Waals surface area contributed by atoms with Gasteiger partial charge in [0.15, 0.2) is 0 Å². The number of amides is 1. The van der Waals surface area contributed by atoms with Crippen LogP contribution < -0.4 is 5.32 Å². The molecule has 16 heavy (non-hydrogen) atoms. The zero-order chi connectivity index (χ0) is 11.4. The Hall–Kier alpha value is -0.480. The topological polar surface area (TPSA) is 29.1 Å². The van der Waals surface area contributed by atoms with Crippen LogP contribution in [0, 0.1) is 11.8 Å². The van der Waals surface area contributed by atoms with E-state index in [9.17, 15) is 4.79 Å². The Balaban J connectivity index is 1.50. The molecule has 88 valence electrons. The molecule has 0 aliphatic heterocycles. The first-order chi connectivity index (χ1) is 7.77. The summed E-state index contributed by atoms with van der Waals surface area (Å²) in [6, 6.07) is 4.24. The second kappa shape index (κ2) is 5.73. The normalized spacial score (nSPS) is 23.1. The lowest BCUT2D eigenvalue weighted by atomic mass is 10.3. The smallest absolute Gasteiger partial charge is 0.223 e. The Bertz CT molecular complexity index is 337. The Morgan fingerprint density at radius 1 is 1.69 bits per heavy atom. The summed E-state index contributed by atoms with van der Waals surface area (Å²) in [6.45, 7) is 2.94. The molecule has 1 heterocycles. The van der Waals surface area contributed by atoms with Gasteiger partial charge < -0.3 is 5.32 Å². The van der Waals surface area contributed by atoms with Crippen molar-refractivity contribution in [3.63, 3.8) is 0 Å². The maximum atomic E-state index is 11.5. The number of hydrogen-bond donors (Lipinski definition) is 1. The monoisotopic (exact) mass is 255 g/mol. The highest BCUT2D eigenvalue weighted by atomic mass is 32.2. The van der Waals surface area contributed by atoms with Crippen LogP contribution in [0.1, 0.15) is 18.2 Å². The lowest BCUT2D eigenvalue weighted by molar-refractivity contribution is -0.122. The first kappa shape index (κ1) is 12.0. The first-order valence-electron chi connectivity index (χ1n) is 5.65. The molecular weight excluding hydrogens is 238 g/mol. The zero-order valence-electron chi connectivity index (χ0n) is 9.44. The Labute approximate surface area is 105 Å². The second-order valence-corrected chi connectivity index (χ2v) is 6.38. The molecule has 1 saturated carbocycles. The summed E-state index contributed by atoms with van der Waals surface area (Å²) in [5.41, 5.74) is 0. The van der Waals surface area contributed by atoms with Gasteiger partial charge in [0, 0.05) is 28.8 Å². The molecule has 1 amide bonds. The fourth-order valence-corrected chi connectivity index (χ4v) is 3.33. The van der Waals surface area contributed by atoms with Crippen LogP contribution in [0.15, 0.2) is 17.5 Å². The Morgan fingerprint density at radius 3 is 3.12 bits per heavy atom. The minimum absolute atomic E-state index is 0.254. The summed E-state index contributed by atoms with van der Waals surface area (Å²) in [6.07, 6.45) is 1.08. The molecule has 0 radical (unpaired) electrons. The van der Waals surface area contributed by atoms with E-state index >= 15 is 0 Å². The van der Waals surface area contributed by atoms with Crippen LogP contribution in [0.4, 0.5) is 0 Å². The number of carbonyl (C=O) groups is 1. The molecule has 0 aromatic carbocycles. The first-order valence-corrected chi connectivity index (χ1v) is 7.68. The van der Waals surface area contributed by atoms with Crippen molar-refractivity contribution >= 4 is 29.0 Å². The molecule has 1 aromatic rings. The van der Waals surface area contributed by atoms with Crippen molar-refractivity contribution in [1.82, 2.24) is 5.32 Å². The number of nitrogens with one attached hydrogen (secondary N) is 1. The van der Waals surface area contributed by atoms with Crippen LogP contribution in [-0.2, 0) is 10.5 Å². The van der Waals surface area contributed by atoms with Crippen LogP contribution in [0.25, 0.3) is 0 Å². The van der Waals surface area contributed by atoms with Crippen LogP contribution >= 0.6 is 23.1 Å². The molecule has 0 saturated heterocycles. The quantitative estimate of drug-likeness (QED) is 0.792. The molecule has 2 unspecified atom stereocenters. The van der Waals surface area contributed by atoms with Gasteiger partial charge in [-0.05, 0) is 23.8 Å². The van der Waals surface area contributed by atoms with Gasteiger partial charge >= 0.3 is 0 Å². The summed E-state index contributed by atoms with van der Waals surface area (Å²) in [4.78, 5) is 12.9. The van der Waals surface area contributed by atoms with E-state index in [4.69, 9.17) is 0 Å². The highest BCUT2D eigenvalue weighted by Gasteiger charge is 2.38. The van der Waals surface area contributed by atoms with Crippen molar-refractivity contribution in [3.05, 3.63) is 22.4 Å². The molecule has 1 aliphatic carbocycles. The highest BCUT2D eigenvalue weighted by Crippen LogP contribution is 2.37. The lowest BCUT2D eigenvalue weighted by Gasteiger charge is -2.03. The van der Waals surface area contributed by atoms with Gasteiger partial charge in [-0.15, -0.1) is 11.3 Å². The van der Waals surface area contributed by atoms with Crippen molar-refractivity contribution in [1.29, 1.82) is 0 Å². The highest BCUT2D eigenvalue weighted by molar-refractivity contribution is 7.98. The van der Waals surface area contributed by atoms with Gasteiger partial charge in [-0.2, -0.15) is 11.8 Å². The summed E-state index contributed by atoms with van der Waals surface area (Å²) in [5.74, 6) is 3.24. The Morgan fingerprint density at radius 2 is 2.50 bits per heavy atom. The maximum Gasteiger partial charge on any atom is 0.223 e. The van der Waals surface area contributed by atoms with Crippen molar-refractivity contribution in [2.75, 3.05) is 12.3 Å². The minimum atomic E-state index is 0.254. The number of hydrogen-bond acceptors (Lipinski definition) is 3. The van der Waals surface area contributed by atoms with E-state index in [2.05, 4.69) is 29.8 Å². The van der Waals surface area contributed by atoms with Crippen LogP contribution in [-0.4, -0.2) is 18.2 Å². The molecule has 1 aliphatic rings. The van der Waals surface area contributed by atoms with Gasteiger partial charge in [-0.3, -0.25) is 4.79 Å². The summed E-state index contributed by atoms with van der Waals surface area (Å²) >= 11 is 3.68. The summed E-state index contributed by atoms with van der Waals surface area (Å²) in [7, 11) is 0. The fourth-order valence-electron chi connectivity index (χ4n) is 1.63. The molecular formula is C12H17NOS2. The average molecular weight is 255 g/mol. The largest absolute Gasteiger partial charge is 0.355 e. The van der Waals surface area contributed by atoms with Crippen molar-refractivity contribution in [2.45, 2.75) is 19.1 Å². The van der Waals surface area contributed by atoms with Gasteiger partial charge in [0.05, 0.1) is 0 Å². The lowest BCUT2D eigenvalue weighted by Crippen LogP contribution is -2.27. The van der Waals surface area contributed by atoms with Gasteiger partial charge in [0.1, 0.15) is 0 Å². The van der Waals surface area contributed by atoms with Crippen LogP contribution in [0.3, 0.4) is 0 Å². The minimum Gasteiger partial charge on any atom is -0.355 e. The van der Waals surface area contributed by atoms with Crippen molar-refractivity contribution in [3.8, 4) is 0 Å². The van der Waals surface area contributed by atoms with E-state index in [1.807, 2.05) is 11.8 Å². The molecule has 1 aromatic heterocycles. The van der Waals surface area contributed by atoms with E-state index in [0.29, 0.717) is 11.8 Å². The molecule has 4 heteroatoms. The van der Waals surface area contributed by atoms with Gasteiger partial charge in [0.25, 0.3) is 0 Å². The van der Waals surface area contributed by atoms with Gasteiger partial charge in [-0.1, -0.05) is 13.0 Å². The predicted octanol–water partition coefficient (Wildman–Crippen LogP) is 2.75. The third-order valence-electron chi connectivity index (χ3n) is 2.82. The number of rotatable bonds is 6. The van der Waals surface area contributed by atoms with E-state index < -0.39 is 0 Å². The van der Waals surface area contributed by atoms with Crippen LogP contribution in [0.2, 0.25) is 0 Å². The molecule has 0 spiro atoms. The summed E-state index contributed by atoms with van der Waals surface area (Å²) < 4.78 is 0. The molecule has 2 rings (SSSR count). The van der Waals surface area contributed by atoms with Crippen molar-refractivity contribution in [2.24, 2.45) is 11.8 Å². The second-order valence-electron chi connectivity index (χ2n) is 4.24. The number of thiophene rings is 1. The zero-order valence-corrected chi connectivity index (χ0v) is 11.1. The average Bonchev–Trinajstić information content (AvgIpc) is 2.80. The van der Waals surface area contributed by atoms with E-state index in [1.54, 1.807) is 11.3 Å². The van der Waals surface area contributed by atoms with E-state index in [1.165, 1.54) is 4.88 Å². The Kier molecular flexibility index (Phi) is 4.29. The fraction of sp³-hybridized carbons (Fsp3) is 0.583. The number of thioether (sulfide) groups is 1. The molecule has 1 N–H and O–H groups in total. The maximum absolute atomic E-state index is 11.5. The van der Waals surface area contributed by atoms with Crippen LogP contribution in [0.5, 0.6) is 0 Å². The third kappa shape index (κ3) is 3.52. The van der Waals surface area contributed by atoms with Gasteiger partial charge in [-0.25, -0.2) is 0 Å². The third-order valence-corrected chi connectivity index (χ3v) is 4.88. The number of carbonyl (C=O) groups excluding carboxylic acids is 1. The SMILES string of the molecule is CC1CC1C(=O)NCCSCc1cccs1. The van der Waals surface area contributed by atoms with E-state index in [0.717, 1.165) is 24.5 Å². The molecule has 2 atom stereocenters. The predicted molar refractivity (Wildman–Crippen MR) is 70.8 cm³/mol. The van der Waals surface area contributed by atoms with Crippen molar-refractivity contribution < 1.29 is 4.79 Å². The molecule has 0 bridgehead atoms. The summed E-state index contributed by atoms with van der Waals surface area (Å²) in [5, 5.41) is 5.10.